The molecule has 7 nitrogen and oxygen atoms in total. The lowest BCUT2D eigenvalue weighted by Crippen LogP contribution is -2.37. The van der Waals surface area contributed by atoms with E-state index in [2.05, 4.69) is 6.92 Å². The molecule has 2 amide bonds. The van der Waals surface area contributed by atoms with Crippen molar-refractivity contribution < 1.29 is 24.0 Å². The maximum absolute atomic E-state index is 13.8. The third-order valence-electron chi connectivity index (χ3n) is 7.17. The van der Waals surface area contributed by atoms with Gasteiger partial charge in [-0.05, 0) is 66.1 Å². The summed E-state index contributed by atoms with van der Waals surface area (Å²) < 4.78 is 5.54. The Morgan fingerprint density at radius 3 is 2.05 bits per heavy atom. The van der Waals surface area contributed by atoms with Crippen molar-refractivity contribution in [1.29, 1.82) is 0 Å². The number of carbonyl (C=O) groups is 3. The number of fused-ring (bicyclic) bond motifs is 1. The molecule has 2 saturated heterocycles. The zero-order valence-electron chi connectivity index (χ0n) is 21.3. The molecule has 2 heterocycles. The van der Waals surface area contributed by atoms with Crippen molar-refractivity contribution in [2.45, 2.75) is 25.5 Å². The molecular formula is C32H26N2O5. The Kier molecular flexibility index (Phi) is 6.42. The highest BCUT2D eigenvalue weighted by Crippen LogP contribution is 2.47. The Morgan fingerprint density at radius 2 is 1.41 bits per heavy atom. The highest BCUT2D eigenvalue weighted by Gasteiger charge is 2.60. The molecule has 0 aliphatic carbocycles. The summed E-state index contributed by atoms with van der Waals surface area (Å²) >= 11 is 0. The van der Waals surface area contributed by atoms with E-state index < -0.39 is 24.0 Å². The predicted octanol–water partition coefficient (Wildman–Crippen LogP) is 5.52. The van der Waals surface area contributed by atoms with Crippen molar-refractivity contribution in [2.24, 2.45) is 5.92 Å². The smallest absolute Gasteiger partial charge is 0.343 e. The van der Waals surface area contributed by atoms with Crippen LogP contribution in [0.3, 0.4) is 0 Å². The second kappa shape index (κ2) is 10.2. The summed E-state index contributed by atoms with van der Waals surface area (Å²) in [5.74, 6) is -1.52. The lowest BCUT2D eigenvalue weighted by atomic mass is 9.90. The lowest BCUT2D eigenvalue weighted by molar-refractivity contribution is -0.126. The van der Waals surface area contributed by atoms with Crippen LogP contribution >= 0.6 is 0 Å². The molecule has 0 unspecified atom stereocenters. The summed E-state index contributed by atoms with van der Waals surface area (Å²) in [6, 6.07) is 32.0. The summed E-state index contributed by atoms with van der Waals surface area (Å²) in [6.07, 6.45) is -0.0921. The molecule has 4 aromatic carbocycles. The Labute approximate surface area is 226 Å². The van der Waals surface area contributed by atoms with Gasteiger partial charge in [0, 0.05) is 0 Å². The Morgan fingerprint density at radius 1 is 0.769 bits per heavy atom. The number of hydrogen-bond donors (Lipinski definition) is 0. The van der Waals surface area contributed by atoms with Crippen LogP contribution in [-0.4, -0.2) is 23.9 Å². The third-order valence-corrected chi connectivity index (χ3v) is 7.17. The summed E-state index contributed by atoms with van der Waals surface area (Å²) in [5.41, 5.74) is 3.60. The SMILES string of the molecule is CCc1ccc(N2C(=O)[C@H]3[C@H](ON(c4ccccc4)[C@@H]3c3ccc(OC(=O)c4ccccc4)cc3)C2=O)cc1. The predicted molar refractivity (Wildman–Crippen MR) is 146 cm³/mol. The average Bonchev–Trinajstić information content (AvgIpc) is 3.50. The van der Waals surface area contributed by atoms with Crippen LogP contribution in [-0.2, 0) is 20.8 Å². The van der Waals surface area contributed by atoms with Gasteiger partial charge in [0.2, 0.25) is 5.91 Å². The summed E-state index contributed by atoms with van der Waals surface area (Å²) in [6.45, 7) is 2.05. The molecule has 0 aromatic heterocycles. The number of esters is 1. The minimum Gasteiger partial charge on any atom is -0.423 e. The second-order valence-corrected chi connectivity index (χ2v) is 9.51. The first-order chi connectivity index (χ1) is 19.0. The maximum atomic E-state index is 13.8. The van der Waals surface area contributed by atoms with E-state index in [0.29, 0.717) is 17.0 Å². The van der Waals surface area contributed by atoms with Crippen LogP contribution in [0.1, 0.15) is 34.5 Å². The van der Waals surface area contributed by atoms with Gasteiger partial charge < -0.3 is 4.74 Å². The number of ether oxygens (including phenoxy) is 1. The van der Waals surface area contributed by atoms with Crippen LogP contribution in [0.4, 0.5) is 11.4 Å². The molecule has 194 valence electrons. The number of aryl methyl sites for hydroxylation is 1. The number of amides is 2. The Bertz CT molecular complexity index is 1500. The van der Waals surface area contributed by atoms with E-state index in [-0.39, 0.29) is 11.8 Å². The van der Waals surface area contributed by atoms with Crippen LogP contribution in [0.5, 0.6) is 5.75 Å². The van der Waals surface area contributed by atoms with Gasteiger partial charge >= 0.3 is 5.97 Å². The first-order valence-corrected chi connectivity index (χ1v) is 12.9. The van der Waals surface area contributed by atoms with E-state index in [4.69, 9.17) is 9.57 Å². The van der Waals surface area contributed by atoms with Crippen LogP contribution in [0.15, 0.2) is 109 Å². The number of imide groups is 1. The van der Waals surface area contributed by atoms with Gasteiger partial charge in [-0.3, -0.25) is 14.4 Å². The van der Waals surface area contributed by atoms with E-state index in [0.717, 1.165) is 23.2 Å². The molecule has 0 bridgehead atoms. The standard InChI is InChI=1S/C32H26N2O5/c1-2-21-13-17-24(18-14-21)33-30(35)27-28(34(39-29(27)31(33)36)25-11-7-4-8-12-25)22-15-19-26(20-16-22)38-32(37)23-9-5-3-6-10-23/h3-20,27-29H,2H2,1H3/t27-,28-,29+/m1/s1. The third kappa shape index (κ3) is 4.47. The summed E-state index contributed by atoms with van der Waals surface area (Å²) in [7, 11) is 0. The van der Waals surface area contributed by atoms with Gasteiger partial charge in [0.05, 0.1) is 23.0 Å². The fraction of sp³-hybridized carbons (Fsp3) is 0.156. The van der Waals surface area contributed by atoms with Crippen molar-refractivity contribution in [3.05, 3.63) is 126 Å². The van der Waals surface area contributed by atoms with Crippen molar-refractivity contribution in [2.75, 3.05) is 9.96 Å². The van der Waals surface area contributed by atoms with Crippen LogP contribution in [0, 0.1) is 5.92 Å². The van der Waals surface area contributed by atoms with Crippen LogP contribution in [0.2, 0.25) is 0 Å². The first-order valence-electron chi connectivity index (χ1n) is 12.9. The number of para-hydroxylation sites is 1. The number of hydrogen-bond acceptors (Lipinski definition) is 6. The summed E-state index contributed by atoms with van der Waals surface area (Å²) in [4.78, 5) is 47.3. The van der Waals surface area contributed by atoms with Crippen LogP contribution < -0.4 is 14.7 Å². The van der Waals surface area contributed by atoms with Crippen molar-refractivity contribution in [1.82, 2.24) is 0 Å². The number of rotatable bonds is 6. The van der Waals surface area contributed by atoms with Crippen molar-refractivity contribution in [3.63, 3.8) is 0 Å². The first kappa shape index (κ1) is 24.6. The minimum absolute atomic E-state index is 0.308. The van der Waals surface area contributed by atoms with E-state index in [9.17, 15) is 14.4 Å². The highest BCUT2D eigenvalue weighted by atomic mass is 16.7. The minimum atomic E-state index is -0.954. The second-order valence-electron chi connectivity index (χ2n) is 9.51. The molecule has 39 heavy (non-hydrogen) atoms. The zero-order chi connectivity index (χ0) is 26.9. The number of hydroxylamine groups is 1. The molecule has 2 aliphatic heterocycles. The molecule has 0 N–H and O–H groups in total. The van der Waals surface area contributed by atoms with Crippen molar-refractivity contribution in [3.8, 4) is 5.75 Å². The number of anilines is 2. The van der Waals surface area contributed by atoms with E-state index >= 15 is 0 Å². The van der Waals surface area contributed by atoms with Gasteiger partial charge in [0.15, 0.2) is 6.10 Å². The zero-order valence-corrected chi connectivity index (χ0v) is 21.3. The van der Waals surface area contributed by atoms with Gasteiger partial charge in [-0.15, -0.1) is 0 Å². The maximum Gasteiger partial charge on any atom is 0.343 e. The van der Waals surface area contributed by atoms with Gasteiger partial charge in [-0.25, -0.2) is 14.8 Å². The highest BCUT2D eigenvalue weighted by molar-refractivity contribution is 6.23. The monoisotopic (exact) mass is 518 g/mol. The molecule has 2 fully saturated rings. The van der Waals surface area contributed by atoms with Gasteiger partial charge in [0.1, 0.15) is 11.7 Å². The van der Waals surface area contributed by atoms with Gasteiger partial charge in [-0.1, -0.05) is 67.6 Å². The molecule has 6 rings (SSSR count). The number of benzene rings is 4. The molecule has 7 heteroatoms. The molecular weight excluding hydrogens is 492 g/mol. The number of nitrogens with zero attached hydrogens (tertiary/aromatic N) is 2. The van der Waals surface area contributed by atoms with E-state index in [1.165, 1.54) is 4.90 Å². The fourth-order valence-electron chi connectivity index (χ4n) is 5.16. The molecule has 0 saturated carbocycles. The molecule has 0 radical (unpaired) electrons. The van der Waals surface area contributed by atoms with Crippen LogP contribution in [0.25, 0.3) is 0 Å². The Balaban J connectivity index is 1.32. The fourth-order valence-corrected chi connectivity index (χ4v) is 5.16. The quantitative estimate of drug-likeness (QED) is 0.190. The normalized spacial score (nSPS) is 20.3. The number of carbonyl (C=O) groups excluding carboxylic acids is 3. The summed E-state index contributed by atoms with van der Waals surface area (Å²) in [5, 5.41) is 1.65. The molecule has 3 atom stereocenters. The topological polar surface area (TPSA) is 76.2 Å². The van der Waals surface area contributed by atoms with Gasteiger partial charge in [-0.2, -0.15) is 0 Å². The van der Waals surface area contributed by atoms with Crippen molar-refractivity contribution >= 4 is 29.2 Å². The molecule has 2 aliphatic rings. The largest absolute Gasteiger partial charge is 0.423 e. The molecule has 4 aromatic rings. The van der Waals surface area contributed by atoms with Gasteiger partial charge in [0.25, 0.3) is 5.91 Å². The molecule has 0 spiro atoms. The average molecular weight is 519 g/mol. The lowest BCUT2D eigenvalue weighted by Gasteiger charge is -2.28. The van der Waals surface area contributed by atoms with E-state index in [1.807, 2.05) is 48.5 Å². The Hall–Kier alpha value is -4.75. The van der Waals surface area contributed by atoms with E-state index in [1.54, 1.807) is 65.7 Å².